The van der Waals surface area contributed by atoms with Crippen LogP contribution in [0, 0.1) is 0 Å². The zero-order valence-electron chi connectivity index (χ0n) is 11.2. The topological polar surface area (TPSA) is 74.6 Å². The van der Waals surface area contributed by atoms with Crippen molar-refractivity contribution in [2.45, 2.75) is 5.03 Å². The monoisotopic (exact) mass is 399 g/mol. The first-order valence-corrected chi connectivity index (χ1v) is 8.25. The van der Waals surface area contributed by atoms with Crippen LogP contribution in [0.4, 0.5) is 0 Å². The number of aromatic nitrogens is 1. The van der Waals surface area contributed by atoms with Crippen molar-refractivity contribution in [3.8, 4) is 5.75 Å². The number of aromatic hydroxyl groups is 1. The Morgan fingerprint density at radius 1 is 1.50 bits per heavy atom. The first kappa shape index (κ1) is 16.8. The van der Waals surface area contributed by atoms with E-state index in [2.05, 4.69) is 31.4 Å². The fourth-order valence-corrected chi connectivity index (χ4v) is 2.95. The first-order chi connectivity index (χ1) is 10.6. The molecule has 0 aliphatic heterocycles. The Kier molecular flexibility index (Phi) is 6.23. The molecule has 0 aliphatic carbocycles. The fourth-order valence-electron chi connectivity index (χ4n) is 1.46. The average molecular weight is 401 g/mol. The Labute approximate surface area is 144 Å². The Bertz CT molecular complexity index is 698. The maximum Gasteiger partial charge on any atom is 0.250 e. The van der Waals surface area contributed by atoms with Gasteiger partial charge in [0.05, 0.1) is 21.5 Å². The van der Waals surface area contributed by atoms with Gasteiger partial charge in [-0.1, -0.05) is 29.4 Å². The van der Waals surface area contributed by atoms with E-state index in [0.717, 1.165) is 5.03 Å². The van der Waals surface area contributed by atoms with Crippen molar-refractivity contribution in [1.82, 2.24) is 10.4 Å². The summed E-state index contributed by atoms with van der Waals surface area (Å²) in [6, 6.07) is 8.59. The maximum absolute atomic E-state index is 11.7. The highest BCUT2D eigenvalue weighted by Gasteiger charge is 2.06. The van der Waals surface area contributed by atoms with E-state index in [4.69, 9.17) is 11.6 Å². The molecule has 2 rings (SSSR count). The molecule has 0 saturated heterocycles. The standard InChI is InChI=1S/C14H11BrClN3O2S/c15-11-6-10(16)5-9(14(11)21)7-18-19-12(20)8-22-13-3-1-2-4-17-13/h1-7,21H,8H2,(H,19,20). The number of pyridine rings is 1. The number of hydrazone groups is 1. The summed E-state index contributed by atoms with van der Waals surface area (Å²) in [6.07, 6.45) is 2.99. The number of thioether (sulfide) groups is 1. The van der Waals surface area contributed by atoms with E-state index in [1.807, 2.05) is 18.2 Å². The molecule has 8 heteroatoms. The summed E-state index contributed by atoms with van der Waals surface area (Å²) in [7, 11) is 0. The molecule has 114 valence electrons. The van der Waals surface area contributed by atoms with Crippen molar-refractivity contribution in [3.63, 3.8) is 0 Å². The van der Waals surface area contributed by atoms with Crippen LogP contribution in [0.25, 0.3) is 0 Å². The molecule has 22 heavy (non-hydrogen) atoms. The van der Waals surface area contributed by atoms with Crippen LogP contribution in [0.3, 0.4) is 0 Å². The number of phenolic OH excluding ortho intramolecular Hbond substituents is 1. The molecule has 0 bridgehead atoms. The largest absolute Gasteiger partial charge is 0.506 e. The number of carbonyl (C=O) groups excluding carboxylic acids is 1. The van der Waals surface area contributed by atoms with Crippen molar-refractivity contribution in [3.05, 3.63) is 51.6 Å². The summed E-state index contributed by atoms with van der Waals surface area (Å²) in [5.74, 6) is -0.0720. The molecule has 2 aromatic rings. The number of amides is 1. The number of hydrogen-bond donors (Lipinski definition) is 2. The minimum atomic E-state index is -0.271. The van der Waals surface area contributed by atoms with Crippen molar-refractivity contribution in [1.29, 1.82) is 0 Å². The molecule has 0 atom stereocenters. The number of phenols is 1. The number of nitrogens with one attached hydrogen (secondary N) is 1. The Hall–Kier alpha value is -1.57. The molecule has 0 spiro atoms. The van der Waals surface area contributed by atoms with Gasteiger partial charge in [-0.2, -0.15) is 5.10 Å². The second-order valence-electron chi connectivity index (χ2n) is 4.08. The van der Waals surface area contributed by atoms with Gasteiger partial charge in [0.2, 0.25) is 5.91 Å². The molecule has 0 fully saturated rings. The third-order valence-corrected chi connectivity index (χ3v) is 4.21. The van der Waals surface area contributed by atoms with Gasteiger partial charge in [0.25, 0.3) is 0 Å². The third-order valence-electron chi connectivity index (χ3n) is 2.44. The van der Waals surface area contributed by atoms with Crippen LogP contribution in [0.2, 0.25) is 5.02 Å². The van der Waals surface area contributed by atoms with E-state index in [-0.39, 0.29) is 17.4 Å². The third kappa shape index (κ3) is 5.01. The van der Waals surface area contributed by atoms with Gasteiger partial charge in [0.1, 0.15) is 5.75 Å². The SMILES string of the molecule is O=C(CSc1ccccn1)NN=Cc1cc(Cl)cc(Br)c1O. The van der Waals surface area contributed by atoms with Crippen LogP contribution in [-0.4, -0.2) is 28.0 Å². The van der Waals surface area contributed by atoms with Gasteiger partial charge in [-0.25, -0.2) is 10.4 Å². The Morgan fingerprint density at radius 3 is 3.05 bits per heavy atom. The number of rotatable bonds is 5. The molecule has 0 saturated carbocycles. The molecular weight excluding hydrogens is 390 g/mol. The molecule has 0 aliphatic rings. The maximum atomic E-state index is 11.7. The molecule has 0 unspecified atom stereocenters. The van der Waals surface area contributed by atoms with Crippen molar-refractivity contribution < 1.29 is 9.90 Å². The molecule has 2 N–H and O–H groups in total. The van der Waals surface area contributed by atoms with Crippen molar-refractivity contribution in [2.75, 3.05) is 5.75 Å². The highest BCUT2D eigenvalue weighted by atomic mass is 79.9. The molecular formula is C14H11BrClN3O2S. The predicted molar refractivity (Wildman–Crippen MR) is 91.5 cm³/mol. The van der Waals surface area contributed by atoms with Crippen molar-refractivity contribution in [2.24, 2.45) is 5.10 Å². The lowest BCUT2D eigenvalue weighted by atomic mass is 10.2. The van der Waals surface area contributed by atoms with Gasteiger partial charge in [-0.3, -0.25) is 4.79 Å². The lowest BCUT2D eigenvalue weighted by Gasteiger charge is -2.03. The van der Waals surface area contributed by atoms with Gasteiger partial charge < -0.3 is 5.11 Å². The van der Waals surface area contributed by atoms with E-state index in [1.54, 1.807) is 18.3 Å². The van der Waals surface area contributed by atoms with Crippen LogP contribution in [-0.2, 0) is 4.79 Å². The predicted octanol–water partition coefficient (Wildman–Crippen LogP) is 3.45. The highest BCUT2D eigenvalue weighted by Crippen LogP contribution is 2.30. The number of benzene rings is 1. The van der Waals surface area contributed by atoms with Crippen LogP contribution in [0.5, 0.6) is 5.75 Å². The number of nitrogens with zero attached hydrogens (tertiary/aromatic N) is 2. The van der Waals surface area contributed by atoms with Crippen LogP contribution in [0.1, 0.15) is 5.56 Å². The second kappa shape index (κ2) is 8.17. The molecule has 1 heterocycles. The van der Waals surface area contributed by atoms with E-state index in [0.29, 0.717) is 15.1 Å². The van der Waals surface area contributed by atoms with E-state index >= 15 is 0 Å². The second-order valence-corrected chi connectivity index (χ2v) is 6.36. The van der Waals surface area contributed by atoms with E-state index in [1.165, 1.54) is 18.0 Å². The molecule has 5 nitrogen and oxygen atoms in total. The summed E-state index contributed by atoms with van der Waals surface area (Å²) in [6.45, 7) is 0. The molecule has 1 amide bonds. The Morgan fingerprint density at radius 2 is 2.32 bits per heavy atom. The lowest BCUT2D eigenvalue weighted by molar-refractivity contribution is -0.118. The van der Waals surface area contributed by atoms with Crippen LogP contribution < -0.4 is 5.43 Å². The summed E-state index contributed by atoms with van der Waals surface area (Å²) < 4.78 is 0.457. The lowest BCUT2D eigenvalue weighted by Crippen LogP contribution is -2.19. The molecule has 1 aromatic carbocycles. The highest BCUT2D eigenvalue weighted by molar-refractivity contribution is 9.10. The quantitative estimate of drug-likeness (QED) is 0.458. The summed E-state index contributed by atoms with van der Waals surface area (Å²) >= 11 is 10.4. The fraction of sp³-hybridized carbons (Fsp3) is 0.0714. The van der Waals surface area contributed by atoms with Gasteiger partial charge in [-0.15, -0.1) is 0 Å². The minimum absolute atomic E-state index is 0.00487. The average Bonchev–Trinajstić information content (AvgIpc) is 2.51. The number of halogens is 2. The minimum Gasteiger partial charge on any atom is -0.506 e. The molecule has 1 aromatic heterocycles. The number of carbonyl (C=O) groups is 1. The van der Waals surface area contributed by atoms with E-state index in [9.17, 15) is 9.90 Å². The zero-order chi connectivity index (χ0) is 15.9. The van der Waals surface area contributed by atoms with Crippen LogP contribution >= 0.6 is 39.3 Å². The van der Waals surface area contributed by atoms with Crippen molar-refractivity contribution >= 4 is 51.4 Å². The van der Waals surface area contributed by atoms with Gasteiger partial charge in [-0.05, 0) is 40.2 Å². The van der Waals surface area contributed by atoms with Gasteiger partial charge in [0.15, 0.2) is 0 Å². The van der Waals surface area contributed by atoms with Crippen LogP contribution in [0.15, 0.2) is 51.1 Å². The normalized spacial score (nSPS) is 10.8. The summed E-state index contributed by atoms with van der Waals surface area (Å²) in [5, 5.41) is 14.8. The first-order valence-electron chi connectivity index (χ1n) is 6.10. The smallest absolute Gasteiger partial charge is 0.250 e. The zero-order valence-corrected chi connectivity index (χ0v) is 14.3. The summed E-state index contributed by atoms with van der Waals surface area (Å²) in [4.78, 5) is 15.8. The van der Waals surface area contributed by atoms with Gasteiger partial charge >= 0.3 is 0 Å². The summed E-state index contributed by atoms with van der Waals surface area (Å²) in [5.41, 5.74) is 2.78. The molecule has 0 radical (unpaired) electrons. The number of hydrogen-bond acceptors (Lipinski definition) is 5. The van der Waals surface area contributed by atoms with Gasteiger partial charge in [0, 0.05) is 16.8 Å². The van der Waals surface area contributed by atoms with E-state index < -0.39 is 0 Å². The Balaban J connectivity index is 1.88.